The number of hydrogen-bond acceptors (Lipinski definition) is 6. The largest absolute Gasteiger partial charge is 0.477 e. The van der Waals surface area contributed by atoms with Gasteiger partial charge in [0, 0.05) is 50.6 Å². The van der Waals surface area contributed by atoms with Crippen LogP contribution in [0.5, 0.6) is 0 Å². The molecule has 2 aliphatic heterocycles. The minimum Gasteiger partial charge on any atom is -0.477 e. The average Bonchev–Trinajstić information content (AvgIpc) is 2.80. The first-order chi connectivity index (χ1) is 14.9. The molecular weight excluding hydrogens is 408 g/mol. The van der Waals surface area contributed by atoms with Crippen LogP contribution in [0.4, 0.5) is 14.5 Å². The third-order valence-corrected chi connectivity index (χ3v) is 5.10. The van der Waals surface area contributed by atoms with Gasteiger partial charge < -0.3 is 19.5 Å². The summed E-state index contributed by atoms with van der Waals surface area (Å²) in [5, 5.41) is 8.32. The van der Waals surface area contributed by atoms with Crippen molar-refractivity contribution in [2.75, 3.05) is 24.6 Å². The van der Waals surface area contributed by atoms with Gasteiger partial charge in [0.05, 0.1) is 12.3 Å². The number of piperidine rings is 1. The molecule has 1 unspecified atom stereocenters. The molecule has 0 aromatic carbocycles. The second-order valence-electron chi connectivity index (χ2n) is 7.48. The maximum atomic E-state index is 13.2. The minimum absolute atomic E-state index is 0.0810. The van der Waals surface area contributed by atoms with Crippen LogP contribution in [-0.2, 0) is 16.1 Å². The van der Waals surface area contributed by atoms with Crippen LogP contribution in [0.1, 0.15) is 48.3 Å². The number of ether oxygens (including phenoxy) is 2. The van der Waals surface area contributed by atoms with Gasteiger partial charge in [-0.05, 0) is 43.5 Å². The van der Waals surface area contributed by atoms with Crippen molar-refractivity contribution in [3.63, 3.8) is 0 Å². The molecule has 2 aromatic heterocycles. The molecule has 2 aliphatic rings. The average molecular weight is 435 g/mol. The highest BCUT2D eigenvalue weighted by molar-refractivity contribution is 5.85. The maximum Gasteiger partial charge on any atom is 0.354 e. The lowest BCUT2D eigenvalue weighted by Gasteiger charge is -2.33. The molecule has 0 aliphatic carbocycles. The number of anilines is 1. The van der Waals surface area contributed by atoms with Crippen LogP contribution in [0.2, 0.25) is 0 Å². The first-order valence-electron chi connectivity index (χ1n) is 10.4. The molecular formula is C22H27F2N3O4. The molecule has 9 heteroatoms. The lowest BCUT2D eigenvalue weighted by Crippen LogP contribution is -2.39. The Hall–Kier alpha value is -2.65. The summed E-state index contributed by atoms with van der Waals surface area (Å²) < 4.78 is 37.7. The number of aromatic carboxylic acids is 1. The van der Waals surface area contributed by atoms with Crippen LogP contribution in [0.3, 0.4) is 0 Å². The summed E-state index contributed by atoms with van der Waals surface area (Å²) in [6, 6.07) is 8.54. The predicted molar refractivity (Wildman–Crippen MR) is 110 cm³/mol. The van der Waals surface area contributed by atoms with E-state index in [0.29, 0.717) is 19.7 Å². The van der Waals surface area contributed by atoms with E-state index in [2.05, 4.69) is 9.97 Å². The topological polar surface area (TPSA) is 84.8 Å². The van der Waals surface area contributed by atoms with E-state index in [4.69, 9.17) is 14.6 Å². The molecule has 4 heterocycles. The highest BCUT2D eigenvalue weighted by Crippen LogP contribution is 2.30. The number of rotatable bonds is 5. The van der Waals surface area contributed by atoms with Crippen LogP contribution >= 0.6 is 0 Å². The lowest BCUT2D eigenvalue weighted by atomic mass is 10.1. The third-order valence-electron chi connectivity index (χ3n) is 5.10. The SMILES string of the molecule is FC1(F)CCN(c2ccnc(COC3CCCCO3)c2)CC1.O=C(O)c1ccccn1. The molecule has 2 aromatic rings. The first kappa shape index (κ1) is 23.0. The number of pyridine rings is 2. The van der Waals surface area contributed by atoms with Gasteiger partial charge in [-0.2, -0.15) is 0 Å². The molecule has 1 atom stereocenters. The van der Waals surface area contributed by atoms with Crippen LogP contribution in [0.25, 0.3) is 0 Å². The number of nitrogens with zero attached hydrogens (tertiary/aromatic N) is 3. The molecule has 0 spiro atoms. The number of carbonyl (C=O) groups is 1. The normalized spacial score (nSPS) is 20.5. The Balaban J connectivity index is 0.000000254. The van der Waals surface area contributed by atoms with Gasteiger partial charge in [-0.25, -0.2) is 18.6 Å². The highest BCUT2D eigenvalue weighted by atomic mass is 19.3. The second kappa shape index (κ2) is 11.1. The molecule has 4 rings (SSSR count). The zero-order valence-corrected chi connectivity index (χ0v) is 17.3. The summed E-state index contributed by atoms with van der Waals surface area (Å²) in [6.07, 6.45) is 5.97. The summed E-state index contributed by atoms with van der Waals surface area (Å²) in [6.45, 7) is 1.90. The fourth-order valence-corrected chi connectivity index (χ4v) is 3.34. The third kappa shape index (κ3) is 7.52. The Morgan fingerprint density at radius 2 is 2.00 bits per heavy atom. The minimum atomic E-state index is -2.52. The van der Waals surface area contributed by atoms with E-state index in [0.717, 1.165) is 37.3 Å². The van der Waals surface area contributed by atoms with E-state index in [1.54, 1.807) is 18.3 Å². The summed E-state index contributed by atoms with van der Waals surface area (Å²) in [5.41, 5.74) is 1.83. The summed E-state index contributed by atoms with van der Waals surface area (Å²) in [5.74, 6) is -3.51. The fraction of sp³-hybridized carbons (Fsp3) is 0.500. The second-order valence-corrected chi connectivity index (χ2v) is 7.48. The fourth-order valence-electron chi connectivity index (χ4n) is 3.34. The molecule has 31 heavy (non-hydrogen) atoms. The van der Waals surface area contributed by atoms with Crippen LogP contribution in [0, 0.1) is 0 Å². The van der Waals surface area contributed by atoms with Gasteiger partial charge in [0.15, 0.2) is 6.29 Å². The van der Waals surface area contributed by atoms with Crippen LogP contribution in [0.15, 0.2) is 42.7 Å². The Bertz CT molecular complexity index is 823. The Morgan fingerprint density at radius 3 is 2.61 bits per heavy atom. The van der Waals surface area contributed by atoms with Crippen LogP contribution in [-0.4, -0.2) is 53.0 Å². The maximum absolute atomic E-state index is 13.2. The van der Waals surface area contributed by atoms with Gasteiger partial charge in [-0.1, -0.05) is 6.07 Å². The molecule has 1 N–H and O–H groups in total. The van der Waals surface area contributed by atoms with Crippen LogP contribution < -0.4 is 4.90 Å². The zero-order valence-electron chi connectivity index (χ0n) is 17.3. The monoisotopic (exact) mass is 435 g/mol. The van der Waals surface area contributed by atoms with Crippen molar-refractivity contribution >= 4 is 11.7 Å². The molecule has 0 radical (unpaired) electrons. The Labute approximate surface area is 180 Å². The van der Waals surface area contributed by atoms with Gasteiger partial charge in [-0.15, -0.1) is 0 Å². The number of carboxylic acids is 1. The van der Waals surface area contributed by atoms with Crippen molar-refractivity contribution in [2.24, 2.45) is 0 Å². The van der Waals surface area contributed by atoms with Gasteiger partial charge in [0.2, 0.25) is 0 Å². The molecule has 0 amide bonds. The highest BCUT2D eigenvalue weighted by Gasteiger charge is 2.34. The van der Waals surface area contributed by atoms with E-state index in [1.807, 2.05) is 17.0 Å². The Kier molecular flexibility index (Phi) is 8.25. The number of hydrogen-bond donors (Lipinski definition) is 1. The van der Waals surface area contributed by atoms with E-state index in [-0.39, 0.29) is 24.8 Å². The van der Waals surface area contributed by atoms with Gasteiger partial charge >= 0.3 is 5.97 Å². The first-order valence-corrected chi connectivity index (χ1v) is 10.4. The molecule has 2 fully saturated rings. The summed E-state index contributed by atoms with van der Waals surface area (Å²) >= 11 is 0. The molecule has 2 saturated heterocycles. The zero-order chi connectivity index (χ0) is 22.1. The predicted octanol–water partition coefficient (Wildman–Crippen LogP) is 4.14. The smallest absolute Gasteiger partial charge is 0.354 e. The number of halogens is 2. The van der Waals surface area contributed by atoms with Crippen molar-refractivity contribution in [3.05, 3.63) is 54.1 Å². The van der Waals surface area contributed by atoms with Crippen molar-refractivity contribution in [1.82, 2.24) is 9.97 Å². The number of alkyl halides is 2. The summed E-state index contributed by atoms with van der Waals surface area (Å²) in [4.78, 5) is 20.0. The summed E-state index contributed by atoms with van der Waals surface area (Å²) in [7, 11) is 0. The lowest BCUT2D eigenvalue weighted by molar-refractivity contribution is -0.169. The van der Waals surface area contributed by atoms with Gasteiger partial charge in [0.25, 0.3) is 5.92 Å². The van der Waals surface area contributed by atoms with E-state index in [9.17, 15) is 13.6 Å². The van der Waals surface area contributed by atoms with Gasteiger partial charge in [-0.3, -0.25) is 4.98 Å². The number of aromatic nitrogens is 2. The van der Waals surface area contributed by atoms with E-state index in [1.165, 1.54) is 12.3 Å². The van der Waals surface area contributed by atoms with Crippen molar-refractivity contribution < 1.29 is 28.2 Å². The molecule has 168 valence electrons. The molecule has 7 nitrogen and oxygen atoms in total. The Morgan fingerprint density at radius 1 is 1.19 bits per heavy atom. The number of carboxylic acid groups (broad SMARTS) is 1. The van der Waals surface area contributed by atoms with Crippen molar-refractivity contribution in [3.8, 4) is 0 Å². The quantitative estimate of drug-likeness (QED) is 0.756. The molecule has 0 saturated carbocycles. The van der Waals surface area contributed by atoms with Crippen molar-refractivity contribution in [2.45, 2.75) is 50.9 Å². The van der Waals surface area contributed by atoms with Crippen molar-refractivity contribution in [1.29, 1.82) is 0 Å². The standard InChI is InChI=1S/C16H22F2N2O2.C6H5NO2/c17-16(18)5-8-20(9-6-16)14-4-7-19-13(11-14)12-22-15-3-1-2-10-21-15;8-6(9)5-3-1-2-4-7-5/h4,7,11,15H,1-3,5-6,8-10,12H2;1-4H,(H,8,9). The van der Waals surface area contributed by atoms with E-state index < -0.39 is 11.9 Å². The molecule has 0 bridgehead atoms. The van der Waals surface area contributed by atoms with Gasteiger partial charge in [0.1, 0.15) is 5.69 Å². The van der Waals surface area contributed by atoms with E-state index >= 15 is 0 Å².